The van der Waals surface area contributed by atoms with E-state index in [4.69, 9.17) is 20.8 Å². The summed E-state index contributed by atoms with van der Waals surface area (Å²) >= 11 is 0. The maximum absolute atomic E-state index is 8.51. The number of aliphatic hydroxyl groups excluding tert-OH is 1. The second kappa shape index (κ2) is 3.59. The molecule has 1 rings (SSSR count). The second-order valence-corrected chi connectivity index (χ2v) is 1.91. The summed E-state index contributed by atoms with van der Waals surface area (Å²) in [5.41, 5.74) is 5.29. The first-order valence-corrected chi connectivity index (χ1v) is 3.18. The van der Waals surface area contributed by atoms with Crippen LogP contribution in [0.2, 0.25) is 0 Å². The van der Waals surface area contributed by atoms with Gasteiger partial charge in [0.2, 0.25) is 5.88 Å². The van der Waals surface area contributed by atoms with Gasteiger partial charge in [-0.1, -0.05) is 0 Å². The summed E-state index contributed by atoms with van der Waals surface area (Å²) in [6.07, 6.45) is 0. The fourth-order valence-corrected chi connectivity index (χ4v) is 0.631. The van der Waals surface area contributed by atoms with Gasteiger partial charge < -0.3 is 20.1 Å². The summed E-state index contributed by atoms with van der Waals surface area (Å²) < 4.78 is 9.32. The summed E-state index contributed by atoms with van der Waals surface area (Å²) in [4.78, 5) is 0. The van der Waals surface area contributed by atoms with E-state index in [9.17, 15) is 0 Å². The zero-order valence-corrected chi connectivity index (χ0v) is 6.15. The van der Waals surface area contributed by atoms with Crippen molar-refractivity contribution in [2.45, 2.75) is 0 Å². The summed E-state index contributed by atoms with van der Waals surface area (Å²) in [5, 5.41) is 20.3. The molecule has 0 radical (unpaired) electrons. The third-order valence-corrected chi connectivity index (χ3v) is 1.13. The molecule has 6 nitrogen and oxygen atoms in total. The first kappa shape index (κ1) is 8.36. The average Bonchev–Trinajstić information content (AvgIpc) is 2.43. The smallest absolute Gasteiger partial charge is 0.274 e. The van der Waals surface area contributed by atoms with Gasteiger partial charge >= 0.3 is 0 Å². The van der Waals surface area contributed by atoms with E-state index in [1.54, 1.807) is 6.07 Å². The number of nitrogens with zero attached hydrogens (tertiary/aromatic N) is 2. The Morgan fingerprint density at radius 3 is 3.08 bits per heavy atom. The van der Waals surface area contributed by atoms with Gasteiger partial charge in [0, 0.05) is 0 Å². The molecule has 0 aromatic carbocycles. The van der Waals surface area contributed by atoms with Gasteiger partial charge in [0.15, 0.2) is 5.56 Å². The van der Waals surface area contributed by atoms with Gasteiger partial charge in [-0.15, -0.1) is 0 Å². The van der Waals surface area contributed by atoms with Crippen molar-refractivity contribution in [1.29, 1.82) is 5.26 Å². The van der Waals surface area contributed by atoms with E-state index in [2.05, 4.69) is 9.68 Å². The number of rotatable bonds is 3. The fraction of sp³-hybridized carbons (Fsp3) is 0.333. The molecule has 3 N–H and O–H groups in total. The van der Waals surface area contributed by atoms with E-state index in [0.29, 0.717) is 0 Å². The largest absolute Gasteiger partial charge is 0.472 e. The van der Waals surface area contributed by atoms with E-state index in [1.807, 2.05) is 0 Å². The molecule has 6 heteroatoms. The van der Waals surface area contributed by atoms with Gasteiger partial charge in [-0.3, -0.25) is 0 Å². The van der Waals surface area contributed by atoms with Crippen molar-refractivity contribution in [3.05, 3.63) is 5.56 Å². The highest BCUT2D eigenvalue weighted by atomic mass is 16.5. The monoisotopic (exact) mass is 169 g/mol. The highest BCUT2D eigenvalue weighted by Crippen LogP contribution is 2.21. The minimum atomic E-state index is -0.155. The Morgan fingerprint density at radius 1 is 1.75 bits per heavy atom. The molecule has 0 saturated heterocycles. The van der Waals surface area contributed by atoms with E-state index in [-0.39, 0.29) is 30.5 Å². The maximum Gasteiger partial charge on any atom is 0.274 e. The number of nitriles is 1. The molecule has 0 unspecified atom stereocenters. The van der Waals surface area contributed by atoms with Crippen LogP contribution in [0.1, 0.15) is 5.56 Å². The average molecular weight is 169 g/mol. The molecule has 0 saturated carbocycles. The molecule has 0 fully saturated rings. The van der Waals surface area contributed by atoms with Crippen molar-refractivity contribution in [3.8, 4) is 11.9 Å². The van der Waals surface area contributed by atoms with Gasteiger partial charge in [0.1, 0.15) is 12.7 Å². The molecule has 0 aliphatic carbocycles. The lowest BCUT2D eigenvalue weighted by molar-refractivity contribution is 0.190. The molecular weight excluding hydrogens is 162 g/mol. The molecular formula is C6H7N3O3. The number of nitrogen functional groups attached to an aromatic ring is 1. The predicted molar refractivity (Wildman–Crippen MR) is 38.2 cm³/mol. The lowest BCUT2D eigenvalue weighted by Crippen LogP contribution is -2.02. The van der Waals surface area contributed by atoms with E-state index >= 15 is 0 Å². The minimum absolute atomic E-state index is 0.0176. The molecule has 0 aliphatic heterocycles. The third kappa shape index (κ3) is 1.46. The van der Waals surface area contributed by atoms with Crippen LogP contribution in [0.15, 0.2) is 4.52 Å². The van der Waals surface area contributed by atoms with Crippen LogP contribution in [0.25, 0.3) is 0 Å². The minimum Gasteiger partial charge on any atom is -0.472 e. The Labute approximate surface area is 68.1 Å². The topological polar surface area (TPSA) is 105 Å². The van der Waals surface area contributed by atoms with Crippen LogP contribution in [-0.2, 0) is 0 Å². The van der Waals surface area contributed by atoms with Gasteiger partial charge in [-0.25, -0.2) is 0 Å². The highest BCUT2D eigenvalue weighted by Gasteiger charge is 2.13. The third-order valence-electron chi connectivity index (χ3n) is 1.13. The van der Waals surface area contributed by atoms with Gasteiger partial charge in [0.25, 0.3) is 5.88 Å². The van der Waals surface area contributed by atoms with Crippen LogP contribution < -0.4 is 10.5 Å². The fourth-order valence-electron chi connectivity index (χ4n) is 0.631. The number of anilines is 1. The van der Waals surface area contributed by atoms with Crippen molar-refractivity contribution in [2.75, 3.05) is 18.9 Å². The van der Waals surface area contributed by atoms with Crippen LogP contribution >= 0.6 is 0 Å². The summed E-state index contributed by atoms with van der Waals surface area (Å²) in [6, 6.07) is 1.76. The van der Waals surface area contributed by atoms with Crippen LogP contribution in [-0.4, -0.2) is 23.5 Å². The normalized spacial score (nSPS) is 9.33. The Hall–Kier alpha value is -1.74. The molecule has 0 aliphatic rings. The number of hydrogen-bond acceptors (Lipinski definition) is 6. The van der Waals surface area contributed by atoms with E-state index < -0.39 is 0 Å². The lowest BCUT2D eigenvalue weighted by Gasteiger charge is -1.96. The Bertz CT molecular complexity index is 301. The molecule has 1 heterocycles. The molecule has 64 valence electrons. The van der Waals surface area contributed by atoms with Crippen LogP contribution in [0.3, 0.4) is 0 Å². The molecule has 0 amide bonds. The lowest BCUT2D eigenvalue weighted by atomic mass is 10.3. The van der Waals surface area contributed by atoms with Crippen LogP contribution in [0, 0.1) is 11.3 Å². The molecule has 0 atom stereocenters. The van der Waals surface area contributed by atoms with Crippen LogP contribution in [0.4, 0.5) is 5.88 Å². The summed E-state index contributed by atoms with van der Waals surface area (Å²) in [7, 11) is 0. The Balaban J connectivity index is 2.79. The van der Waals surface area contributed by atoms with E-state index in [1.165, 1.54) is 0 Å². The molecule has 1 aromatic heterocycles. The van der Waals surface area contributed by atoms with Crippen LogP contribution in [0.5, 0.6) is 5.88 Å². The maximum atomic E-state index is 8.51. The van der Waals surface area contributed by atoms with E-state index in [0.717, 1.165) is 0 Å². The molecule has 0 spiro atoms. The number of hydrogen-bond donors (Lipinski definition) is 2. The van der Waals surface area contributed by atoms with Crippen molar-refractivity contribution in [2.24, 2.45) is 0 Å². The first-order valence-electron chi connectivity index (χ1n) is 3.18. The van der Waals surface area contributed by atoms with Gasteiger partial charge in [-0.2, -0.15) is 5.26 Å². The number of nitrogens with two attached hydrogens (primary N) is 1. The Morgan fingerprint density at radius 2 is 2.50 bits per heavy atom. The number of ether oxygens (including phenoxy) is 1. The van der Waals surface area contributed by atoms with Crippen molar-refractivity contribution in [1.82, 2.24) is 5.16 Å². The highest BCUT2D eigenvalue weighted by molar-refractivity contribution is 5.51. The standard InChI is InChI=1S/C6H7N3O3/c7-3-4-5(8)12-9-6(4)11-2-1-10/h10H,1-2,8H2. The SMILES string of the molecule is N#Cc1c(OCCO)noc1N. The quantitative estimate of drug-likeness (QED) is 0.631. The summed E-state index contributed by atoms with van der Waals surface area (Å²) in [5.74, 6) is -0.0607. The zero-order chi connectivity index (χ0) is 8.97. The molecule has 1 aromatic rings. The molecule has 0 bridgehead atoms. The Kier molecular flexibility index (Phi) is 2.50. The van der Waals surface area contributed by atoms with Crippen molar-refractivity contribution >= 4 is 5.88 Å². The first-order chi connectivity index (χ1) is 5.79. The van der Waals surface area contributed by atoms with Crippen molar-refractivity contribution < 1.29 is 14.4 Å². The predicted octanol–water partition coefficient (Wildman–Crippen LogP) is -0.500. The second-order valence-electron chi connectivity index (χ2n) is 1.91. The molecule has 12 heavy (non-hydrogen) atoms. The van der Waals surface area contributed by atoms with Gasteiger partial charge in [-0.05, 0) is 5.16 Å². The zero-order valence-electron chi connectivity index (χ0n) is 6.15. The number of aromatic nitrogens is 1. The van der Waals surface area contributed by atoms with Crippen molar-refractivity contribution in [3.63, 3.8) is 0 Å². The van der Waals surface area contributed by atoms with Gasteiger partial charge in [0.05, 0.1) is 6.61 Å². The number of aliphatic hydroxyl groups is 1. The summed E-state index contributed by atoms with van der Waals surface area (Å²) in [6.45, 7) is -0.0989.